The molecule has 1 N–H and O–H groups in total. The molecule has 2 aromatic heterocycles. The van der Waals surface area contributed by atoms with Crippen LogP contribution in [0.2, 0.25) is 0 Å². The third kappa shape index (κ3) is 3.69. The van der Waals surface area contributed by atoms with E-state index in [1.54, 1.807) is 0 Å². The maximum absolute atomic E-state index is 9.72. The van der Waals surface area contributed by atoms with E-state index in [2.05, 4.69) is 21.4 Å². The van der Waals surface area contributed by atoms with E-state index < -0.39 is 0 Å². The van der Waals surface area contributed by atoms with Gasteiger partial charge in [-0.2, -0.15) is 10.2 Å². The van der Waals surface area contributed by atoms with Crippen LogP contribution in [0.4, 0.5) is 17.5 Å². The first-order valence-corrected chi connectivity index (χ1v) is 11.0. The van der Waals surface area contributed by atoms with E-state index in [9.17, 15) is 5.26 Å². The number of hydrogen-bond acceptors (Lipinski definition) is 8. The van der Waals surface area contributed by atoms with Gasteiger partial charge >= 0.3 is 0 Å². The molecule has 0 unspecified atom stereocenters. The maximum atomic E-state index is 9.72. The van der Waals surface area contributed by atoms with Crippen LogP contribution >= 0.6 is 0 Å². The minimum atomic E-state index is -0.365. The van der Waals surface area contributed by atoms with Crippen LogP contribution in [0.1, 0.15) is 36.3 Å². The fraction of sp³-hybridized carbons (Fsp3) is 0.417. The Morgan fingerprint density at radius 2 is 1.94 bits per heavy atom. The lowest BCUT2D eigenvalue weighted by Gasteiger charge is -2.35. The standard InChI is InChI=1S/C24H26N6O2/c1-16-22(17(2)32-29-16)20-14-21(30-9-11-31-12-10-30)28-23(27-20)26-19-6-3-5-18(13-19)24(15-25)7-4-8-24/h3,5-6,13-14H,4,7-12H2,1-2H3,(H,26,27,28). The van der Waals surface area contributed by atoms with Gasteiger partial charge in [-0.1, -0.05) is 17.3 Å². The number of hydrogen-bond donors (Lipinski definition) is 1. The van der Waals surface area contributed by atoms with Gasteiger partial charge < -0.3 is 19.5 Å². The van der Waals surface area contributed by atoms with Crippen LogP contribution in [0.25, 0.3) is 11.3 Å². The number of ether oxygens (including phenoxy) is 1. The van der Waals surface area contributed by atoms with Crippen LogP contribution in [-0.4, -0.2) is 41.4 Å². The third-order valence-corrected chi connectivity index (χ3v) is 6.43. The summed E-state index contributed by atoms with van der Waals surface area (Å²) < 4.78 is 10.9. The number of benzene rings is 1. The molecular weight excluding hydrogens is 404 g/mol. The molecule has 0 bridgehead atoms. The summed E-state index contributed by atoms with van der Waals surface area (Å²) >= 11 is 0. The van der Waals surface area contributed by atoms with E-state index in [1.165, 1.54) is 0 Å². The summed E-state index contributed by atoms with van der Waals surface area (Å²) in [5.41, 5.74) is 4.00. The van der Waals surface area contributed by atoms with Crippen LogP contribution in [0.15, 0.2) is 34.9 Å². The lowest BCUT2D eigenvalue weighted by Crippen LogP contribution is -2.36. The molecular formula is C24H26N6O2. The van der Waals surface area contributed by atoms with Crippen LogP contribution in [-0.2, 0) is 10.2 Å². The summed E-state index contributed by atoms with van der Waals surface area (Å²) in [6.45, 7) is 6.70. The van der Waals surface area contributed by atoms with E-state index in [4.69, 9.17) is 19.2 Å². The first-order valence-electron chi connectivity index (χ1n) is 11.0. The fourth-order valence-electron chi connectivity index (χ4n) is 4.44. The summed E-state index contributed by atoms with van der Waals surface area (Å²) in [5.74, 6) is 2.06. The fourth-order valence-corrected chi connectivity index (χ4v) is 4.44. The number of nitrogens with zero attached hydrogens (tertiary/aromatic N) is 5. The smallest absolute Gasteiger partial charge is 0.229 e. The molecule has 1 aromatic carbocycles. The molecule has 0 radical (unpaired) electrons. The molecule has 164 valence electrons. The van der Waals surface area contributed by atoms with E-state index in [-0.39, 0.29) is 5.41 Å². The van der Waals surface area contributed by atoms with Crippen LogP contribution in [0.3, 0.4) is 0 Å². The minimum absolute atomic E-state index is 0.365. The van der Waals surface area contributed by atoms with Crippen molar-refractivity contribution >= 4 is 17.5 Å². The first kappa shape index (κ1) is 20.5. The Morgan fingerprint density at radius 1 is 1.12 bits per heavy atom. The van der Waals surface area contributed by atoms with Gasteiger partial charge in [0.15, 0.2) is 0 Å². The van der Waals surface area contributed by atoms with Gasteiger partial charge in [-0.15, -0.1) is 0 Å². The Labute approximate surface area is 187 Å². The first-order chi connectivity index (χ1) is 15.6. The Kier molecular flexibility index (Phi) is 5.27. The maximum Gasteiger partial charge on any atom is 0.229 e. The molecule has 3 aromatic rings. The number of anilines is 3. The highest BCUT2D eigenvalue weighted by Crippen LogP contribution is 2.43. The molecule has 1 aliphatic heterocycles. The van der Waals surface area contributed by atoms with E-state index >= 15 is 0 Å². The summed E-state index contributed by atoms with van der Waals surface area (Å²) in [5, 5.41) is 17.2. The monoisotopic (exact) mass is 430 g/mol. The zero-order chi connectivity index (χ0) is 22.1. The molecule has 3 heterocycles. The van der Waals surface area contributed by atoms with Crippen molar-refractivity contribution in [2.45, 2.75) is 38.5 Å². The van der Waals surface area contributed by atoms with E-state index in [0.29, 0.717) is 19.2 Å². The number of aromatic nitrogens is 3. The lowest BCUT2D eigenvalue weighted by atomic mass is 9.65. The lowest BCUT2D eigenvalue weighted by molar-refractivity contribution is 0.122. The molecule has 0 atom stereocenters. The molecule has 1 saturated carbocycles. The number of aryl methyl sites for hydroxylation is 2. The Morgan fingerprint density at radius 3 is 2.59 bits per heavy atom. The van der Waals surface area contributed by atoms with Crippen molar-refractivity contribution in [3.05, 3.63) is 47.3 Å². The number of nitriles is 1. The summed E-state index contributed by atoms with van der Waals surface area (Å²) in [4.78, 5) is 11.8. The Balaban J connectivity index is 1.52. The highest BCUT2D eigenvalue weighted by atomic mass is 16.5. The average Bonchev–Trinajstić information content (AvgIpc) is 3.12. The van der Waals surface area contributed by atoms with Crippen molar-refractivity contribution in [1.29, 1.82) is 5.26 Å². The molecule has 0 spiro atoms. The Bertz CT molecular complexity index is 1150. The number of nitrogens with one attached hydrogen (secondary N) is 1. The normalized spacial score (nSPS) is 17.5. The van der Waals surface area contributed by atoms with Crippen molar-refractivity contribution < 1.29 is 9.26 Å². The van der Waals surface area contributed by atoms with Crippen LogP contribution in [0, 0.1) is 25.2 Å². The van der Waals surface area contributed by atoms with Crippen molar-refractivity contribution in [1.82, 2.24) is 15.1 Å². The van der Waals surface area contributed by atoms with Crippen molar-refractivity contribution in [3.8, 4) is 17.3 Å². The second kappa shape index (κ2) is 8.24. The molecule has 1 saturated heterocycles. The predicted molar refractivity (Wildman–Crippen MR) is 121 cm³/mol. The molecule has 8 heteroatoms. The molecule has 0 amide bonds. The number of morpholine rings is 1. The van der Waals surface area contributed by atoms with Gasteiger partial charge in [-0.25, -0.2) is 4.98 Å². The molecule has 32 heavy (non-hydrogen) atoms. The van der Waals surface area contributed by atoms with E-state index in [0.717, 1.165) is 72.1 Å². The minimum Gasteiger partial charge on any atom is -0.378 e. The second-order valence-corrected chi connectivity index (χ2v) is 8.49. The van der Waals surface area contributed by atoms with Gasteiger partial charge in [0, 0.05) is 24.8 Å². The van der Waals surface area contributed by atoms with Crippen molar-refractivity contribution in [2.24, 2.45) is 0 Å². The van der Waals surface area contributed by atoms with Crippen molar-refractivity contribution in [2.75, 3.05) is 36.5 Å². The Hall–Kier alpha value is -3.44. The summed E-state index contributed by atoms with van der Waals surface area (Å²) in [6, 6.07) is 12.5. The molecule has 5 rings (SSSR count). The molecule has 2 aliphatic rings. The molecule has 8 nitrogen and oxygen atoms in total. The second-order valence-electron chi connectivity index (χ2n) is 8.49. The summed E-state index contributed by atoms with van der Waals surface area (Å²) in [6.07, 6.45) is 2.91. The SMILES string of the molecule is Cc1noc(C)c1-c1cc(N2CCOCC2)nc(Nc2cccc(C3(C#N)CCC3)c2)n1. The predicted octanol–water partition coefficient (Wildman–Crippen LogP) is 4.27. The molecule has 2 fully saturated rings. The third-order valence-electron chi connectivity index (χ3n) is 6.43. The quantitative estimate of drug-likeness (QED) is 0.640. The molecule has 1 aliphatic carbocycles. The average molecular weight is 431 g/mol. The van der Waals surface area contributed by atoms with Crippen LogP contribution in [0.5, 0.6) is 0 Å². The number of rotatable bonds is 5. The highest BCUT2D eigenvalue weighted by molar-refractivity contribution is 5.69. The summed E-state index contributed by atoms with van der Waals surface area (Å²) in [7, 11) is 0. The topological polar surface area (TPSA) is 100 Å². The highest BCUT2D eigenvalue weighted by Gasteiger charge is 2.39. The van der Waals surface area contributed by atoms with Gasteiger partial charge in [0.1, 0.15) is 11.6 Å². The van der Waals surface area contributed by atoms with Gasteiger partial charge in [-0.05, 0) is 50.8 Å². The van der Waals surface area contributed by atoms with Gasteiger partial charge in [0.05, 0.1) is 41.6 Å². The van der Waals surface area contributed by atoms with Crippen molar-refractivity contribution in [3.63, 3.8) is 0 Å². The van der Waals surface area contributed by atoms with E-state index in [1.807, 2.05) is 44.2 Å². The zero-order valence-corrected chi connectivity index (χ0v) is 18.4. The van der Waals surface area contributed by atoms with Gasteiger partial charge in [0.25, 0.3) is 0 Å². The van der Waals surface area contributed by atoms with Crippen LogP contribution < -0.4 is 10.2 Å². The largest absolute Gasteiger partial charge is 0.378 e. The van der Waals surface area contributed by atoms with Gasteiger partial charge in [-0.3, -0.25) is 0 Å². The zero-order valence-electron chi connectivity index (χ0n) is 18.4. The van der Waals surface area contributed by atoms with Gasteiger partial charge in [0.2, 0.25) is 5.95 Å².